The predicted molar refractivity (Wildman–Crippen MR) is 96.6 cm³/mol. The molecule has 0 bridgehead atoms. The van der Waals surface area contributed by atoms with E-state index in [4.69, 9.17) is 14.0 Å². The highest BCUT2D eigenvalue weighted by Gasteiger charge is 2.49. The Hall–Kier alpha value is -3.40. The molecule has 1 N–H and O–H groups in total. The quantitative estimate of drug-likeness (QED) is 0.673. The van der Waals surface area contributed by atoms with Crippen LogP contribution < -0.4 is 14.8 Å². The van der Waals surface area contributed by atoms with Crippen LogP contribution in [0.4, 0.5) is 4.79 Å². The Morgan fingerprint density at radius 3 is 2.93 bits per heavy atom. The minimum atomic E-state index is -1.23. The van der Waals surface area contributed by atoms with Crippen molar-refractivity contribution < 1.29 is 23.6 Å². The molecule has 0 aliphatic carbocycles. The molecule has 1 fully saturated rings. The number of carbonyl (C=O) groups excluding carboxylic acids is 2. The number of imide groups is 1. The van der Waals surface area contributed by atoms with Gasteiger partial charge in [-0.25, -0.2) is 4.79 Å². The standard InChI is InChI=1S/C18H14N4O5S/c1-18(10-4-5-11-12(7-10)26-9-25-11)16(23)22(17(24)20-18)8-14-19-15(21-27-14)13-3-2-6-28-13/h2-7H,8-9H2,1H3,(H,20,24)/t18-/m1/s1. The van der Waals surface area contributed by atoms with Gasteiger partial charge in [-0.1, -0.05) is 17.3 Å². The Balaban J connectivity index is 1.40. The summed E-state index contributed by atoms with van der Waals surface area (Å²) in [5, 5.41) is 8.56. The van der Waals surface area contributed by atoms with Crippen molar-refractivity contribution in [2.45, 2.75) is 19.0 Å². The highest BCUT2D eigenvalue weighted by atomic mass is 32.1. The lowest BCUT2D eigenvalue weighted by Gasteiger charge is -2.22. The van der Waals surface area contributed by atoms with Crippen molar-refractivity contribution in [1.29, 1.82) is 0 Å². The number of hydrogen-bond donors (Lipinski definition) is 1. The molecule has 0 saturated carbocycles. The molecule has 142 valence electrons. The second kappa shape index (κ2) is 6.06. The molecule has 28 heavy (non-hydrogen) atoms. The smallest absolute Gasteiger partial charge is 0.325 e. The number of ether oxygens (including phenoxy) is 2. The van der Waals surface area contributed by atoms with E-state index in [1.807, 2.05) is 17.5 Å². The van der Waals surface area contributed by atoms with Gasteiger partial charge in [0.2, 0.25) is 18.5 Å². The van der Waals surface area contributed by atoms with Crippen LogP contribution in [-0.2, 0) is 16.9 Å². The maximum atomic E-state index is 13.1. The van der Waals surface area contributed by atoms with Crippen LogP contribution in [-0.4, -0.2) is 33.8 Å². The lowest BCUT2D eigenvalue weighted by Crippen LogP contribution is -2.40. The normalized spacial score (nSPS) is 20.7. The number of carbonyl (C=O) groups is 2. The molecule has 1 saturated heterocycles. The van der Waals surface area contributed by atoms with Gasteiger partial charge in [-0.05, 0) is 36.1 Å². The molecule has 9 nitrogen and oxygen atoms in total. The van der Waals surface area contributed by atoms with Crippen LogP contribution in [0.5, 0.6) is 11.5 Å². The van der Waals surface area contributed by atoms with Crippen molar-refractivity contribution in [2.75, 3.05) is 6.79 Å². The first-order chi connectivity index (χ1) is 13.5. The fraction of sp³-hybridized carbons (Fsp3) is 0.222. The van der Waals surface area contributed by atoms with Gasteiger partial charge in [0.05, 0.1) is 4.88 Å². The third-order valence-corrected chi connectivity index (χ3v) is 5.59. The number of rotatable bonds is 4. The van der Waals surface area contributed by atoms with E-state index in [1.54, 1.807) is 25.1 Å². The maximum absolute atomic E-state index is 13.1. The molecule has 2 aromatic heterocycles. The van der Waals surface area contributed by atoms with Crippen LogP contribution in [0.1, 0.15) is 18.4 Å². The molecule has 0 unspecified atom stereocenters. The molecule has 0 spiro atoms. The first kappa shape index (κ1) is 16.8. The molecular formula is C18H14N4O5S. The van der Waals surface area contributed by atoms with Crippen molar-refractivity contribution in [3.8, 4) is 22.2 Å². The van der Waals surface area contributed by atoms with Crippen molar-refractivity contribution in [1.82, 2.24) is 20.4 Å². The van der Waals surface area contributed by atoms with Gasteiger partial charge in [0.1, 0.15) is 12.1 Å². The Labute approximate surface area is 162 Å². The number of hydrogen-bond acceptors (Lipinski definition) is 8. The van der Waals surface area contributed by atoms with Gasteiger partial charge in [0.15, 0.2) is 11.5 Å². The molecule has 10 heteroatoms. The van der Waals surface area contributed by atoms with Gasteiger partial charge < -0.3 is 19.3 Å². The van der Waals surface area contributed by atoms with Gasteiger partial charge in [-0.3, -0.25) is 9.69 Å². The predicted octanol–water partition coefficient (Wildman–Crippen LogP) is 2.49. The average molecular weight is 398 g/mol. The zero-order chi connectivity index (χ0) is 19.3. The van der Waals surface area contributed by atoms with Crippen LogP contribution in [0.2, 0.25) is 0 Å². The summed E-state index contributed by atoms with van der Waals surface area (Å²) in [5.41, 5.74) is -0.628. The van der Waals surface area contributed by atoms with Crippen LogP contribution >= 0.6 is 11.3 Å². The Bertz CT molecular complexity index is 1080. The Morgan fingerprint density at radius 1 is 1.25 bits per heavy atom. The second-order valence-corrected chi connectivity index (χ2v) is 7.45. The highest BCUT2D eigenvalue weighted by molar-refractivity contribution is 7.13. The summed E-state index contributed by atoms with van der Waals surface area (Å²) in [7, 11) is 0. The van der Waals surface area contributed by atoms with Crippen LogP contribution in [0.3, 0.4) is 0 Å². The fourth-order valence-corrected chi connectivity index (χ4v) is 3.85. The molecule has 0 radical (unpaired) electrons. The SMILES string of the molecule is C[C@]1(c2ccc3c(c2)OCO3)NC(=O)N(Cc2nc(-c3cccs3)no2)C1=O. The van der Waals surface area contributed by atoms with Crippen LogP contribution in [0.25, 0.3) is 10.7 Å². The lowest BCUT2D eigenvalue weighted by molar-refractivity contribution is -0.131. The lowest BCUT2D eigenvalue weighted by atomic mass is 9.91. The van der Waals surface area contributed by atoms with E-state index in [0.29, 0.717) is 22.9 Å². The molecule has 1 atom stereocenters. The summed E-state index contributed by atoms with van der Waals surface area (Å²) in [6.45, 7) is 1.67. The van der Waals surface area contributed by atoms with E-state index in [0.717, 1.165) is 9.78 Å². The van der Waals surface area contributed by atoms with Crippen molar-refractivity contribution in [3.63, 3.8) is 0 Å². The number of aromatic nitrogens is 2. The molecule has 5 rings (SSSR count). The Kier molecular flexibility index (Phi) is 3.63. The van der Waals surface area contributed by atoms with E-state index >= 15 is 0 Å². The number of nitrogens with one attached hydrogen (secondary N) is 1. The maximum Gasteiger partial charge on any atom is 0.325 e. The Morgan fingerprint density at radius 2 is 2.11 bits per heavy atom. The van der Waals surface area contributed by atoms with E-state index in [1.165, 1.54) is 11.3 Å². The zero-order valence-corrected chi connectivity index (χ0v) is 15.5. The van der Waals surface area contributed by atoms with Gasteiger partial charge >= 0.3 is 6.03 Å². The van der Waals surface area contributed by atoms with Gasteiger partial charge in [-0.2, -0.15) is 4.98 Å². The summed E-state index contributed by atoms with van der Waals surface area (Å²) in [6.07, 6.45) is 0. The molecule has 2 aliphatic heterocycles. The second-order valence-electron chi connectivity index (χ2n) is 6.50. The molecule has 4 heterocycles. The summed E-state index contributed by atoms with van der Waals surface area (Å²) in [5.74, 6) is 1.34. The van der Waals surface area contributed by atoms with E-state index in [9.17, 15) is 9.59 Å². The van der Waals surface area contributed by atoms with Crippen LogP contribution in [0, 0.1) is 0 Å². The van der Waals surface area contributed by atoms with Gasteiger partial charge in [0, 0.05) is 0 Å². The van der Waals surface area contributed by atoms with Gasteiger partial charge in [0.25, 0.3) is 5.91 Å². The molecule has 3 aromatic rings. The topological polar surface area (TPSA) is 107 Å². The van der Waals surface area contributed by atoms with Crippen molar-refractivity contribution in [2.24, 2.45) is 0 Å². The first-order valence-corrected chi connectivity index (χ1v) is 9.33. The minimum absolute atomic E-state index is 0.108. The monoisotopic (exact) mass is 398 g/mol. The van der Waals surface area contributed by atoms with E-state index in [2.05, 4.69) is 15.5 Å². The van der Waals surface area contributed by atoms with E-state index < -0.39 is 17.5 Å². The third kappa shape index (κ3) is 2.53. The van der Waals surface area contributed by atoms with Gasteiger partial charge in [-0.15, -0.1) is 11.3 Å². The molecule has 1 aromatic carbocycles. The number of benzene rings is 1. The minimum Gasteiger partial charge on any atom is -0.454 e. The molecule has 2 aliphatic rings. The number of thiophene rings is 1. The number of urea groups is 1. The van der Waals surface area contributed by atoms with Crippen molar-refractivity contribution >= 4 is 23.3 Å². The summed E-state index contributed by atoms with van der Waals surface area (Å²) >= 11 is 1.47. The average Bonchev–Trinajstić information content (AvgIpc) is 3.47. The molecular weight excluding hydrogens is 384 g/mol. The molecule has 3 amide bonds. The largest absolute Gasteiger partial charge is 0.454 e. The third-order valence-electron chi connectivity index (χ3n) is 4.73. The summed E-state index contributed by atoms with van der Waals surface area (Å²) < 4.78 is 15.9. The number of nitrogens with zero attached hydrogens (tertiary/aromatic N) is 3. The summed E-state index contributed by atoms with van der Waals surface area (Å²) in [6, 6.07) is 8.37. The fourth-order valence-electron chi connectivity index (χ4n) is 3.20. The highest BCUT2D eigenvalue weighted by Crippen LogP contribution is 2.38. The zero-order valence-electron chi connectivity index (χ0n) is 14.7. The number of amides is 3. The van der Waals surface area contributed by atoms with Crippen LogP contribution in [0.15, 0.2) is 40.2 Å². The first-order valence-electron chi connectivity index (χ1n) is 8.45. The number of fused-ring (bicyclic) bond motifs is 1. The summed E-state index contributed by atoms with van der Waals surface area (Å²) in [4.78, 5) is 31.7. The van der Waals surface area contributed by atoms with Crippen molar-refractivity contribution in [3.05, 3.63) is 47.2 Å². The van der Waals surface area contributed by atoms with E-state index in [-0.39, 0.29) is 19.2 Å².